The average Bonchev–Trinajstić information content (AvgIpc) is 2.95. The average molecular weight is 212 g/mol. The highest BCUT2D eigenvalue weighted by Crippen LogP contribution is 2.29. The highest BCUT2D eigenvalue weighted by molar-refractivity contribution is 4.76. The Bertz CT molecular complexity index is 164. The smallest absolute Gasteiger partial charge is 0.000661 e. The summed E-state index contributed by atoms with van der Waals surface area (Å²) < 4.78 is 0. The summed E-state index contributed by atoms with van der Waals surface area (Å²) in [6.45, 7) is 7.96. The normalized spacial score (nSPS) is 18.8. The van der Waals surface area contributed by atoms with E-state index < -0.39 is 0 Å². The standard InChI is InChI=1S/C13H28N2/c1-11(2)8-13(9-14)6-7-15(3)10-12-4-5-12/h11-13H,4-10,14H2,1-3H3. The van der Waals surface area contributed by atoms with Crippen LogP contribution < -0.4 is 5.73 Å². The van der Waals surface area contributed by atoms with Crippen LogP contribution in [-0.4, -0.2) is 31.6 Å². The van der Waals surface area contributed by atoms with E-state index in [1.54, 1.807) is 0 Å². The monoisotopic (exact) mass is 212 g/mol. The van der Waals surface area contributed by atoms with Gasteiger partial charge in [0.2, 0.25) is 0 Å². The quantitative estimate of drug-likeness (QED) is 0.669. The number of nitrogens with two attached hydrogens (primary N) is 1. The fraction of sp³-hybridized carbons (Fsp3) is 1.00. The molecule has 1 rings (SSSR count). The van der Waals surface area contributed by atoms with Gasteiger partial charge >= 0.3 is 0 Å². The van der Waals surface area contributed by atoms with Crippen molar-refractivity contribution in [2.24, 2.45) is 23.5 Å². The first-order valence-electron chi connectivity index (χ1n) is 6.50. The van der Waals surface area contributed by atoms with Crippen molar-refractivity contribution in [3.05, 3.63) is 0 Å². The second kappa shape index (κ2) is 6.49. The summed E-state index contributed by atoms with van der Waals surface area (Å²) in [7, 11) is 2.25. The lowest BCUT2D eigenvalue weighted by Crippen LogP contribution is -2.26. The van der Waals surface area contributed by atoms with Gasteiger partial charge in [0.1, 0.15) is 0 Å². The van der Waals surface area contributed by atoms with E-state index in [2.05, 4.69) is 25.8 Å². The zero-order chi connectivity index (χ0) is 11.3. The van der Waals surface area contributed by atoms with Gasteiger partial charge in [0.25, 0.3) is 0 Å². The molecule has 0 amide bonds. The molecule has 0 bridgehead atoms. The molecule has 1 saturated carbocycles. The minimum absolute atomic E-state index is 0.728. The molecule has 2 nitrogen and oxygen atoms in total. The summed E-state index contributed by atoms with van der Waals surface area (Å²) in [6.07, 6.45) is 5.47. The fourth-order valence-corrected chi connectivity index (χ4v) is 2.23. The highest BCUT2D eigenvalue weighted by Gasteiger charge is 2.22. The first-order chi connectivity index (χ1) is 7.11. The van der Waals surface area contributed by atoms with Gasteiger partial charge in [-0.15, -0.1) is 0 Å². The summed E-state index contributed by atoms with van der Waals surface area (Å²) >= 11 is 0. The van der Waals surface area contributed by atoms with Crippen molar-refractivity contribution in [1.29, 1.82) is 0 Å². The molecule has 0 saturated heterocycles. The minimum atomic E-state index is 0.728. The SMILES string of the molecule is CC(C)CC(CN)CCN(C)CC1CC1. The Balaban J connectivity index is 2.08. The Kier molecular flexibility index (Phi) is 5.62. The Labute approximate surface area is 95.2 Å². The largest absolute Gasteiger partial charge is 0.330 e. The van der Waals surface area contributed by atoms with E-state index in [0.717, 1.165) is 24.3 Å². The van der Waals surface area contributed by atoms with Crippen LogP contribution in [0.25, 0.3) is 0 Å². The van der Waals surface area contributed by atoms with Crippen molar-refractivity contribution >= 4 is 0 Å². The van der Waals surface area contributed by atoms with Gasteiger partial charge in [-0.25, -0.2) is 0 Å². The molecule has 0 heterocycles. The molecule has 2 heteroatoms. The Morgan fingerprint density at radius 1 is 1.33 bits per heavy atom. The van der Waals surface area contributed by atoms with Crippen molar-refractivity contribution < 1.29 is 0 Å². The maximum Gasteiger partial charge on any atom is 0.000661 e. The third kappa shape index (κ3) is 6.16. The molecule has 1 atom stereocenters. The molecule has 0 aromatic rings. The summed E-state index contributed by atoms with van der Waals surface area (Å²) in [6, 6.07) is 0. The Hall–Kier alpha value is -0.0800. The molecule has 2 N–H and O–H groups in total. The Morgan fingerprint density at radius 3 is 2.47 bits per heavy atom. The zero-order valence-corrected chi connectivity index (χ0v) is 10.7. The van der Waals surface area contributed by atoms with E-state index in [-0.39, 0.29) is 0 Å². The van der Waals surface area contributed by atoms with E-state index >= 15 is 0 Å². The molecule has 90 valence electrons. The predicted octanol–water partition coefficient (Wildman–Crippen LogP) is 2.34. The lowest BCUT2D eigenvalue weighted by Gasteiger charge is -2.21. The van der Waals surface area contributed by atoms with Crippen LogP contribution in [-0.2, 0) is 0 Å². The van der Waals surface area contributed by atoms with Gasteiger partial charge < -0.3 is 10.6 Å². The number of nitrogens with zero attached hydrogens (tertiary/aromatic N) is 1. The molecule has 1 aliphatic carbocycles. The number of rotatable bonds is 8. The number of hydrogen-bond donors (Lipinski definition) is 1. The molecule has 0 aromatic heterocycles. The maximum absolute atomic E-state index is 5.80. The first-order valence-corrected chi connectivity index (χ1v) is 6.50. The van der Waals surface area contributed by atoms with E-state index in [0.29, 0.717) is 0 Å². The van der Waals surface area contributed by atoms with E-state index in [1.807, 2.05) is 0 Å². The van der Waals surface area contributed by atoms with Crippen LogP contribution in [0.4, 0.5) is 0 Å². The van der Waals surface area contributed by atoms with Gasteiger partial charge in [-0.2, -0.15) is 0 Å². The second-order valence-electron chi connectivity index (χ2n) is 5.73. The van der Waals surface area contributed by atoms with Gasteiger partial charge in [0.05, 0.1) is 0 Å². The molecule has 1 fully saturated rings. The zero-order valence-electron chi connectivity index (χ0n) is 10.7. The minimum Gasteiger partial charge on any atom is -0.330 e. The van der Waals surface area contributed by atoms with Gasteiger partial charge in [0.15, 0.2) is 0 Å². The maximum atomic E-state index is 5.80. The third-order valence-corrected chi connectivity index (χ3v) is 3.32. The molecule has 0 aliphatic heterocycles. The lowest BCUT2D eigenvalue weighted by atomic mass is 9.94. The van der Waals surface area contributed by atoms with Crippen LogP contribution in [0.2, 0.25) is 0 Å². The van der Waals surface area contributed by atoms with Gasteiger partial charge in [0, 0.05) is 6.54 Å². The van der Waals surface area contributed by atoms with Gasteiger partial charge in [-0.3, -0.25) is 0 Å². The van der Waals surface area contributed by atoms with Crippen molar-refractivity contribution in [1.82, 2.24) is 4.90 Å². The summed E-state index contributed by atoms with van der Waals surface area (Å²) in [4.78, 5) is 2.49. The van der Waals surface area contributed by atoms with Crippen molar-refractivity contribution in [3.8, 4) is 0 Å². The molecular formula is C13H28N2. The molecule has 0 aromatic carbocycles. The van der Waals surface area contributed by atoms with Gasteiger partial charge in [-0.05, 0) is 63.6 Å². The third-order valence-electron chi connectivity index (χ3n) is 3.32. The van der Waals surface area contributed by atoms with Crippen LogP contribution in [0.3, 0.4) is 0 Å². The van der Waals surface area contributed by atoms with E-state index in [1.165, 1.54) is 38.8 Å². The van der Waals surface area contributed by atoms with Crippen LogP contribution in [0, 0.1) is 17.8 Å². The summed E-state index contributed by atoms with van der Waals surface area (Å²) in [5.41, 5.74) is 5.80. The van der Waals surface area contributed by atoms with Crippen molar-refractivity contribution in [2.75, 3.05) is 26.7 Å². The van der Waals surface area contributed by atoms with Crippen LogP contribution in [0.5, 0.6) is 0 Å². The molecule has 0 spiro atoms. The van der Waals surface area contributed by atoms with Gasteiger partial charge in [-0.1, -0.05) is 13.8 Å². The molecule has 1 unspecified atom stereocenters. The predicted molar refractivity (Wildman–Crippen MR) is 66.8 cm³/mol. The summed E-state index contributed by atoms with van der Waals surface area (Å²) in [5, 5.41) is 0. The molecule has 15 heavy (non-hydrogen) atoms. The van der Waals surface area contributed by atoms with Crippen LogP contribution >= 0.6 is 0 Å². The van der Waals surface area contributed by atoms with Crippen LogP contribution in [0.15, 0.2) is 0 Å². The Morgan fingerprint density at radius 2 is 2.00 bits per heavy atom. The molecule has 0 radical (unpaired) electrons. The molecular weight excluding hydrogens is 184 g/mol. The summed E-state index contributed by atoms with van der Waals surface area (Å²) in [5.74, 6) is 2.52. The molecule has 1 aliphatic rings. The van der Waals surface area contributed by atoms with E-state index in [9.17, 15) is 0 Å². The van der Waals surface area contributed by atoms with Crippen molar-refractivity contribution in [2.45, 2.75) is 39.5 Å². The van der Waals surface area contributed by atoms with E-state index in [4.69, 9.17) is 5.73 Å². The topological polar surface area (TPSA) is 29.3 Å². The van der Waals surface area contributed by atoms with Crippen molar-refractivity contribution in [3.63, 3.8) is 0 Å². The fourth-order valence-electron chi connectivity index (χ4n) is 2.23. The lowest BCUT2D eigenvalue weighted by molar-refractivity contribution is 0.276. The number of hydrogen-bond acceptors (Lipinski definition) is 2. The van der Waals surface area contributed by atoms with Crippen LogP contribution in [0.1, 0.15) is 39.5 Å². The highest BCUT2D eigenvalue weighted by atomic mass is 15.1. The first kappa shape index (κ1) is 13.0. The second-order valence-corrected chi connectivity index (χ2v) is 5.73.